The Morgan fingerprint density at radius 2 is 1.59 bits per heavy atom. The van der Waals surface area contributed by atoms with Gasteiger partial charge in [-0.1, -0.05) is 35.9 Å². The minimum absolute atomic E-state index is 0.00359. The van der Waals surface area contributed by atoms with Crippen molar-refractivity contribution in [1.82, 2.24) is 5.43 Å². The molecule has 0 bridgehead atoms. The fourth-order valence-corrected chi connectivity index (χ4v) is 2.47. The molecule has 0 aliphatic rings. The van der Waals surface area contributed by atoms with Gasteiger partial charge in [-0.15, -0.1) is 0 Å². The molecule has 0 aliphatic heterocycles. The molecule has 6 nitrogen and oxygen atoms in total. The zero-order chi connectivity index (χ0) is 20.6. The van der Waals surface area contributed by atoms with Crippen LogP contribution in [0.25, 0.3) is 0 Å². The fourth-order valence-electron chi connectivity index (χ4n) is 2.26. The van der Waals surface area contributed by atoms with Gasteiger partial charge in [0.1, 0.15) is 17.3 Å². The molecule has 146 valence electrons. The molecule has 0 radical (unpaired) electrons. The lowest BCUT2D eigenvalue weighted by Gasteiger charge is -2.07. The minimum atomic E-state index is -1.02. The monoisotopic (exact) mass is 411 g/mol. The van der Waals surface area contributed by atoms with Crippen LogP contribution in [-0.4, -0.2) is 18.0 Å². The lowest BCUT2D eigenvalue weighted by Crippen LogP contribution is -2.32. The Morgan fingerprint density at radius 3 is 2.28 bits per heavy atom. The normalized spacial score (nSPS) is 10.6. The summed E-state index contributed by atoms with van der Waals surface area (Å²) in [6.07, 6.45) is 1.03. The summed E-state index contributed by atoms with van der Waals surface area (Å²) in [6, 6.07) is 19.8. The number of anilines is 1. The highest BCUT2D eigenvalue weighted by Gasteiger charge is 2.13. The second-order valence-electron chi connectivity index (χ2n) is 5.73. The molecule has 3 aromatic rings. The highest BCUT2D eigenvalue weighted by Crippen LogP contribution is 2.22. The van der Waals surface area contributed by atoms with Crippen molar-refractivity contribution in [1.29, 1.82) is 0 Å². The van der Waals surface area contributed by atoms with Gasteiger partial charge in [-0.2, -0.15) is 5.10 Å². The number of hydrogen-bond donors (Lipinski definition) is 2. The Bertz CT molecular complexity index is 1020. The molecule has 0 saturated carbocycles. The summed E-state index contributed by atoms with van der Waals surface area (Å²) < 4.78 is 19.3. The second-order valence-corrected chi connectivity index (χ2v) is 6.14. The number of nitrogens with zero attached hydrogens (tertiary/aromatic N) is 1. The molecule has 0 aliphatic carbocycles. The molecule has 0 saturated heterocycles. The van der Waals surface area contributed by atoms with Crippen LogP contribution in [0.4, 0.5) is 10.1 Å². The number of halogens is 2. The zero-order valence-electron chi connectivity index (χ0n) is 14.9. The molecule has 0 spiro atoms. The van der Waals surface area contributed by atoms with E-state index in [1.807, 2.05) is 35.8 Å². The Kier molecular flexibility index (Phi) is 6.55. The summed E-state index contributed by atoms with van der Waals surface area (Å²) in [6.45, 7) is 0. The first-order valence-corrected chi connectivity index (χ1v) is 8.82. The van der Waals surface area contributed by atoms with E-state index in [0.29, 0.717) is 17.2 Å². The van der Waals surface area contributed by atoms with E-state index in [1.54, 1.807) is 24.3 Å². The Labute approximate surface area is 171 Å². The topological polar surface area (TPSA) is 79.8 Å². The van der Waals surface area contributed by atoms with Crippen LogP contribution in [0.2, 0.25) is 5.02 Å². The molecule has 0 aromatic heterocycles. The Morgan fingerprint density at radius 1 is 0.897 bits per heavy atom. The summed E-state index contributed by atoms with van der Waals surface area (Å²) in [7, 11) is 0. The summed E-state index contributed by atoms with van der Waals surface area (Å²) in [4.78, 5) is 23.8. The Hall–Kier alpha value is -3.71. The van der Waals surface area contributed by atoms with Gasteiger partial charge in [0.25, 0.3) is 0 Å². The number of carbonyl (C=O) groups is 2. The molecule has 3 rings (SSSR count). The third kappa shape index (κ3) is 5.63. The van der Waals surface area contributed by atoms with Crippen molar-refractivity contribution in [2.24, 2.45) is 5.10 Å². The van der Waals surface area contributed by atoms with Crippen molar-refractivity contribution >= 4 is 35.3 Å². The molecular formula is C21H15ClFN3O3. The maximum Gasteiger partial charge on any atom is 0.329 e. The van der Waals surface area contributed by atoms with Gasteiger partial charge in [0.2, 0.25) is 0 Å². The average molecular weight is 412 g/mol. The maximum atomic E-state index is 13.6. The van der Waals surface area contributed by atoms with Crippen molar-refractivity contribution in [2.75, 3.05) is 5.32 Å². The first kappa shape index (κ1) is 20.0. The first-order valence-electron chi connectivity index (χ1n) is 8.44. The molecule has 2 N–H and O–H groups in total. The van der Waals surface area contributed by atoms with Crippen molar-refractivity contribution < 1.29 is 18.7 Å². The molecule has 29 heavy (non-hydrogen) atoms. The molecule has 0 unspecified atom stereocenters. The van der Waals surface area contributed by atoms with Crippen LogP contribution >= 0.6 is 11.6 Å². The smallest absolute Gasteiger partial charge is 0.329 e. The van der Waals surface area contributed by atoms with Crippen LogP contribution in [0.1, 0.15) is 5.56 Å². The molecule has 0 atom stereocenters. The lowest BCUT2D eigenvalue weighted by molar-refractivity contribution is -0.136. The van der Waals surface area contributed by atoms with Gasteiger partial charge in [0.05, 0.1) is 11.2 Å². The van der Waals surface area contributed by atoms with Crippen molar-refractivity contribution in [3.05, 3.63) is 89.2 Å². The van der Waals surface area contributed by atoms with Gasteiger partial charge in [0.15, 0.2) is 0 Å². The van der Waals surface area contributed by atoms with Gasteiger partial charge >= 0.3 is 11.8 Å². The summed E-state index contributed by atoms with van der Waals surface area (Å²) in [5.41, 5.74) is 2.42. The number of ether oxygens (including phenoxy) is 1. The van der Waals surface area contributed by atoms with Crippen LogP contribution < -0.4 is 15.5 Å². The van der Waals surface area contributed by atoms with Crippen molar-refractivity contribution in [3.8, 4) is 11.5 Å². The molecular weight excluding hydrogens is 397 g/mol. The van der Waals surface area contributed by atoms with Crippen LogP contribution in [0, 0.1) is 5.82 Å². The summed E-state index contributed by atoms with van der Waals surface area (Å²) in [5.74, 6) is -1.30. The van der Waals surface area contributed by atoms with E-state index >= 15 is 0 Å². The predicted octanol–water partition coefficient (Wildman–Crippen LogP) is 4.36. The maximum absolute atomic E-state index is 13.6. The fraction of sp³-hybridized carbons (Fsp3) is 0. The summed E-state index contributed by atoms with van der Waals surface area (Å²) >= 11 is 5.85. The molecule has 8 heteroatoms. The lowest BCUT2D eigenvalue weighted by atomic mass is 10.2. The van der Waals surface area contributed by atoms with Crippen LogP contribution in [-0.2, 0) is 9.59 Å². The quantitative estimate of drug-likeness (QED) is 0.372. The second kappa shape index (κ2) is 9.48. The van der Waals surface area contributed by atoms with Crippen LogP contribution in [0.3, 0.4) is 0 Å². The van der Waals surface area contributed by atoms with E-state index in [4.69, 9.17) is 16.3 Å². The number of hydrazone groups is 1. The highest BCUT2D eigenvalue weighted by atomic mass is 35.5. The molecule has 0 heterocycles. The van der Waals surface area contributed by atoms with Crippen molar-refractivity contribution in [3.63, 3.8) is 0 Å². The number of amides is 2. The molecule has 2 amide bonds. The summed E-state index contributed by atoms with van der Waals surface area (Å²) in [5, 5.41) is 6.11. The number of nitrogens with one attached hydrogen (secondary N) is 2. The number of para-hydroxylation sites is 1. The number of hydrogen-bond acceptors (Lipinski definition) is 4. The van der Waals surface area contributed by atoms with Gasteiger partial charge in [-0.3, -0.25) is 9.59 Å². The predicted molar refractivity (Wildman–Crippen MR) is 109 cm³/mol. The Balaban J connectivity index is 1.54. The number of carbonyl (C=O) groups excluding carboxylic acids is 2. The number of rotatable bonds is 5. The largest absolute Gasteiger partial charge is 0.457 e. The highest BCUT2D eigenvalue weighted by molar-refractivity contribution is 6.39. The van der Waals surface area contributed by atoms with E-state index in [9.17, 15) is 14.0 Å². The van der Waals surface area contributed by atoms with E-state index in [1.165, 1.54) is 18.2 Å². The van der Waals surface area contributed by atoms with Crippen molar-refractivity contribution in [2.45, 2.75) is 0 Å². The van der Waals surface area contributed by atoms with Crippen LogP contribution in [0.5, 0.6) is 11.5 Å². The van der Waals surface area contributed by atoms with Crippen LogP contribution in [0.15, 0.2) is 77.9 Å². The zero-order valence-corrected chi connectivity index (χ0v) is 15.7. The standard InChI is InChI=1S/C21H15ClFN3O3/c22-18-7-4-8-19(23)17(18)13-24-26-21(28)20(27)25-14-9-11-16(12-10-14)29-15-5-2-1-3-6-15/h1-13H,(H,25,27)(H,26,28)/b24-13+. The SMILES string of the molecule is O=C(N/N=C/c1c(F)cccc1Cl)C(=O)Nc1ccc(Oc2ccccc2)cc1. The van der Waals surface area contributed by atoms with E-state index in [0.717, 1.165) is 6.21 Å². The van der Waals surface area contributed by atoms with Gasteiger partial charge in [-0.25, -0.2) is 9.82 Å². The third-order valence-electron chi connectivity index (χ3n) is 3.66. The molecule has 0 fully saturated rings. The first-order chi connectivity index (χ1) is 14.0. The van der Waals surface area contributed by atoms with E-state index < -0.39 is 17.6 Å². The minimum Gasteiger partial charge on any atom is -0.457 e. The van der Waals surface area contributed by atoms with Gasteiger partial charge in [-0.05, 0) is 48.5 Å². The van der Waals surface area contributed by atoms with Gasteiger partial charge < -0.3 is 10.1 Å². The van der Waals surface area contributed by atoms with E-state index in [2.05, 4.69) is 10.4 Å². The van der Waals surface area contributed by atoms with Gasteiger partial charge in [0, 0.05) is 11.3 Å². The average Bonchev–Trinajstić information content (AvgIpc) is 2.72. The van der Waals surface area contributed by atoms with E-state index in [-0.39, 0.29) is 10.6 Å². The third-order valence-corrected chi connectivity index (χ3v) is 3.99. The number of benzene rings is 3. The molecule has 3 aromatic carbocycles.